The fraction of sp³-hybridized carbons (Fsp3) is 0.136. The Morgan fingerprint density at radius 2 is 1.46 bits per heavy atom. The van der Waals surface area contributed by atoms with Crippen LogP contribution in [0, 0.1) is 13.8 Å². The van der Waals surface area contributed by atoms with Gasteiger partial charge < -0.3 is 15.4 Å². The third kappa shape index (κ3) is 4.54. The van der Waals surface area contributed by atoms with E-state index < -0.39 is 0 Å². The highest BCUT2D eigenvalue weighted by Gasteiger charge is 2.12. The lowest BCUT2D eigenvalue weighted by Gasteiger charge is -2.09. The maximum atomic E-state index is 12.5. The number of hydrogen-bond donors (Lipinski definition) is 2. The minimum Gasteiger partial charge on any atom is -0.497 e. The number of nitrogens with zero attached hydrogens (tertiary/aromatic N) is 1. The molecule has 0 bridgehead atoms. The average Bonchev–Trinajstić information content (AvgIpc) is 2.71. The van der Waals surface area contributed by atoms with Crippen molar-refractivity contribution in [3.05, 3.63) is 83.2 Å². The van der Waals surface area contributed by atoms with E-state index in [1.807, 2.05) is 32.0 Å². The van der Waals surface area contributed by atoms with Gasteiger partial charge in [-0.15, -0.1) is 0 Å². The standard InChI is InChI=1S/C22H21N3O3/c1-14-7-8-19(9-15(14)2)25-22(27)17-10-16(12-23-13-17)21(26)24-18-5-4-6-20(11-18)28-3/h4-13H,1-3H3,(H,24,26)(H,25,27). The number of carbonyl (C=O) groups is 2. The van der Waals surface area contributed by atoms with Crippen LogP contribution in [0.15, 0.2) is 60.9 Å². The molecular weight excluding hydrogens is 354 g/mol. The second kappa shape index (κ2) is 8.35. The van der Waals surface area contributed by atoms with Gasteiger partial charge in [-0.25, -0.2) is 0 Å². The number of methoxy groups -OCH3 is 1. The van der Waals surface area contributed by atoms with E-state index >= 15 is 0 Å². The first-order valence-corrected chi connectivity index (χ1v) is 8.75. The molecule has 0 aliphatic carbocycles. The number of aryl methyl sites for hydroxylation is 2. The summed E-state index contributed by atoms with van der Waals surface area (Å²) in [7, 11) is 1.56. The van der Waals surface area contributed by atoms with E-state index in [0.29, 0.717) is 22.7 Å². The third-order valence-corrected chi connectivity index (χ3v) is 4.36. The van der Waals surface area contributed by atoms with Crippen molar-refractivity contribution in [3.8, 4) is 5.75 Å². The van der Waals surface area contributed by atoms with Crippen LogP contribution in [0.3, 0.4) is 0 Å². The zero-order chi connectivity index (χ0) is 20.1. The Morgan fingerprint density at radius 3 is 2.07 bits per heavy atom. The highest BCUT2D eigenvalue weighted by atomic mass is 16.5. The largest absolute Gasteiger partial charge is 0.497 e. The van der Waals surface area contributed by atoms with Gasteiger partial charge in [-0.2, -0.15) is 0 Å². The van der Waals surface area contributed by atoms with Crippen LogP contribution in [-0.4, -0.2) is 23.9 Å². The molecular formula is C22H21N3O3. The Hall–Kier alpha value is -3.67. The molecule has 0 spiro atoms. The fourth-order valence-electron chi connectivity index (χ4n) is 2.61. The van der Waals surface area contributed by atoms with Crippen LogP contribution >= 0.6 is 0 Å². The maximum Gasteiger partial charge on any atom is 0.257 e. The minimum absolute atomic E-state index is 0.288. The molecule has 0 atom stereocenters. The summed E-state index contributed by atoms with van der Waals surface area (Å²) in [4.78, 5) is 29.1. The molecule has 2 aromatic carbocycles. The summed E-state index contributed by atoms with van der Waals surface area (Å²) in [5.41, 5.74) is 4.11. The molecule has 28 heavy (non-hydrogen) atoms. The summed E-state index contributed by atoms with van der Waals surface area (Å²) in [6.07, 6.45) is 2.85. The molecule has 0 saturated heterocycles. The lowest BCUT2D eigenvalue weighted by molar-refractivity contribution is 0.102. The molecule has 0 unspecified atom stereocenters. The average molecular weight is 375 g/mol. The van der Waals surface area contributed by atoms with E-state index in [0.717, 1.165) is 11.1 Å². The predicted molar refractivity (Wildman–Crippen MR) is 109 cm³/mol. The number of carbonyl (C=O) groups excluding carboxylic acids is 2. The summed E-state index contributed by atoms with van der Waals surface area (Å²) >= 11 is 0. The zero-order valence-corrected chi connectivity index (χ0v) is 15.9. The van der Waals surface area contributed by atoms with Crippen molar-refractivity contribution in [3.63, 3.8) is 0 Å². The van der Waals surface area contributed by atoms with Crippen LogP contribution in [0.4, 0.5) is 11.4 Å². The molecule has 0 aliphatic rings. The van der Waals surface area contributed by atoms with Gasteiger partial charge in [0, 0.05) is 29.8 Å². The van der Waals surface area contributed by atoms with Gasteiger partial charge in [-0.05, 0) is 55.3 Å². The first-order chi connectivity index (χ1) is 13.5. The molecule has 3 rings (SSSR count). The van der Waals surface area contributed by atoms with Crippen molar-refractivity contribution in [2.45, 2.75) is 13.8 Å². The number of nitrogens with one attached hydrogen (secondary N) is 2. The van der Waals surface area contributed by atoms with Crippen molar-refractivity contribution in [2.24, 2.45) is 0 Å². The molecule has 0 fully saturated rings. The van der Waals surface area contributed by atoms with Crippen LogP contribution in [0.1, 0.15) is 31.8 Å². The van der Waals surface area contributed by atoms with Crippen molar-refractivity contribution in [1.82, 2.24) is 4.98 Å². The molecule has 3 aromatic rings. The van der Waals surface area contributed by atoms with Crippen LogP contribution in [0.2, 0.25) is 0 Å². The van der Waals surface area contributed by atoms with Crippen molar-refractivity contribution in [2.75, 3.05) is 17.7 Å². The van der Waals surface area contributed by atoms with Crippen LogP contribution in [0.5, 0.6) is 5.75 Å². The van der Waals surface area contributed by atoms with E-state index in [4.69, 9.17) is 4.74 Å². The number of hydrogen-bond acceptors (Lipinski definition) is 4. The van der Waals surface area contributed by atoms with E-state index in [-0.39, 0.29) is 17.4 Å². The maximum absolute atomic E-state index is 12.5. The number of benzene rings is 2. The van der Waals surface area contributed by atoms with Crippen molar-refractivity contribution >= 4 is 23.2 Å². The number of rotatable bonds is 5. The fourth-order valence-corrected chi connectivity index (χ4v) is 2.61. The van der Waals surface area contributed by atoms with Crippen molar-refractivity contribution < 1.29 is 14.3 Å². The number of pyridine rings is 1. The predicted octanol–water partition coefficient (Wildman–Crippen LogP) is 4.21. The van der Waals surface area contributed by atoms with Gasteiger partial charge in [0.2, 0.25) is 0 Å². The molecule has 0 radical (unpaired) electrons. The third-order valence-electron chi connectivity index (χ3n) is 4.36. The lowest BCUT2D eigenvalue weighted by atomic mass is 10.1. The Balaban J connectivity index is 1.74. The Kier molecular flexibility index (Phi) is 5.69. The molecule has 6 heteroatoms. The highest BCUT2D eigenvalue weighted by Crippen LogP contribution is 2.18. The second-order valence-corrected chi connectivity index (χ2v) is 6.40. The lowest BCUT2D eigenvalue weighted by Crippen LogP contribution is -2.16. The normalized spacial score (nSPS) is 10.2. The summed E-state index contributed by atoms with van der Waals surface area (Å²) in [5, 5.41) is 5.60. The van der Waals surface area contributed by atoms with E-state index in [1.54, 1.807) is 31.4 Å². The number of amides is 2. The van der Waals surface area contributed by atoms with E-state index in [9.17, 15) is 9.59 Å². The Bertz CT molecular complexity index is 1030. The van der Waals surface area contributed by atoms with Crippen LogP contribution < -0.4 is 15.4 Å². The van der Waals surface area contributed by atoms with Gasteiger partial charge in [0.15, 0.2) is 0 Å². The monoisotopic (exact) mass is 375 g/mol. The van der Waals surface area contributed by atoms with Gasteiger partial charge in [0.1, 0.15) is 5.75 Å². The van der Waals surface area contributed by atoms with Crippen molar-refractivity contribution in [1.29, 1.82) is 0 Å². The smallest absolute Gasteiger partial charge is 0.257 e. The van der Waals surface area contributed by atoms with Gasteiger partial charge in [0.25, 0.3) is 11.8 Å². The van der Waals surface area contributed by atoms with Crippen LogP contribution in [-0.2, 0) is 0 Å². The number of ether oxygens (including phenoxy) is 1. The Morgan fingerprint density at radius 1 is 0.821 bits per heavy atom. The molecule has 0 saturated carbocycles. The molecule has 2 N–H and O–H groups in total. The summed E-state index contributed by atoms with van der Waals surface area (Å²) < 4.78 is 5.15. The highest BCUT2D eigenvalue weighted by molar-refractivity contribution is 6.08. The molecule has 6 nitrogen and oxygen atoms in total. The topological polar surface area (TPSA) is 80.3 Å². The van der Waals surface area contributed by atoms with E-state index in [1.165, 1.54) is 18.5 Å². The van der Waals surface area contributed by atoms with Gasteiger partial charge in [-0.1, -0.05) is 12.1 Å². The molecule has 1 heterocycles. The summed E-state index contributed by atoms with van der Waals surface area (Å²) in [6, 6.07) is 14.2. The summed E-state index contributed by atoms with van der Waals surface area (Å²) in [6.45, 7) is 3.99. The van der Waals surface area contributed by atoms with Crippen LogP contribution in [0.25, 0.3) is 0 Å². The van der Waals surface area contributed by atoms with E-state index in [2.05, 4.69) is 15.6 Å². The zero-order valence-electron chi connectivity index (χ0n) is 15.9. The number of aromatic nitrogens is 1. The number of anilines is 2. The molecule has 1 aromatic heterocycles. The first-order valence-electron chi connectivity index (χ1n) is 8.75. The van der Waals surface area contributed by atoms with Gasteiger partial charge >= 0.3 is 0 Å². The first kappa shape index (κ1) is 19.1. The second-order valence-electron chi connectivity index (χ2n) is 6.40. The molecule has 2 amide bonds. The SMILES string of the molecule is COc1cccc(NC(=O)c2cncc(C(=O)Nc3ccc(C)c(C)c3)c2)c1. The Labute approximate surface area is 163 Å². The molecule has 142 valence electrons. The molecule has 0 aliphatic heterocycles. The minimum atomic E-state index is -0.360. The quantitative estimate of drug-likeness (QED) is 0.700. The van der Waals surface area contributed by atoms with Gasteiger partial charge in [0.05, 0.1) is 18.2 Å². The van der Waals surface area contributed by atoms with Gasteiger partial charge in [-0.3, -0.25) is 14.6 Å². The summed E-state index contributed by atoms with van der Waals surface area (Å²) in [5.74, 6) is -0.0502.